The van der Waals surface area contributed by atoms with Crippen LogP contribution in [-0.2, 0) is 0 Å². The van der Waals surface area contributed by atoms with E-state index >= 15 is 0 Å². The number of halogens is 2. The van der Waals surface area contributed by atoms with Crippen LogP contribution in [0, 0.1) is 6.92 Å². The Morgan fingerprint density at radius 2 is 2.25 bits per heavy atom. The first kappa shape index (κ1) is 11.9. The summed E-state index contributed by atoms with van der Waals surface area (Å²) in [6.45, 7) is 1.93. The molecule has 0 heterocycles. The minimum absolute atomic E-state index is 0.0306. The van der Waals surface area contributed by atoms with Crippen LogP contribution in [0.3, 0.4) is 0 Å². The van der Waals surface area contributed by atoms with Crippen molar-refractivity contribution in [2.45, 2.75) is 25.3 Å². The maximum absolute atomic E-state index is 12.0. The van der Waals surface area contributed by atoms with Crippen LogP contribution < -0.4 is 5.32 Å². The van der Waals surface area contributed by atoms with Gasteiger partial charge in [0.25, 0.3) is 5.91 Å². The van der Waals surface area contributed by atoms with Crippen LogP contribution in [0.5, 0.6) is 0 Å². The lowest BCUT2D eigenvalue weighted by Crippen LogP contribution is -2.38. The fraction of sp³-hybridized carbons (Fsp3) is 0.417. The Kier molecular flexibility index (Phi) is 3.27. The van der Waals surface area contributed by atoms with E-state index in [0.29, 0.717) is 11.4 Å². The van der Waals surface area contributed by atoms with Gasteiger partial charge in [0.1, 0.15) is 0 Å². The number of alkyl halides is 1. The monoisotopic (exact) mass is 301 g/mol. The first-order valence-corrected chi connectivity index (χ1v) is 6.54. The second kappa shape index (κ2) is 4.38. The molecule has 4 heteroatoms. The SMILES string of the molecule is Cc1ccc(Br)cc1C(=O)NC1(CCl)CC1. The summed E-state index contributed by atoms with van der Waals surface area (Å²) in [5.41, 5.74) is 1.55. The van der Waals surface area contributed by atoms with E-state index in [1.807, 2.05) is 25.1 Å². The molecule has 0 bridgehead atoms. The van der Waals surface area contributed by atoms with E-state index in [-0.39, 0.29) is 11.4 Å². The van der Waals surface area contributed by atoms with Crippen molar-refractivity contribution in [3.05, 3.63) is 33.8 Å². The molecule has 0 aromatic heterocycles. The van der Waals surface area contributed by atoms with Gasteiger partial charge in [-0.2, -0.15) is 0 Å². The van der Waals surface area contributed by atoms with Gasteiger partial charge in [0.2, 0.25) is 0 Å². The largest absolute Gasteiger partial charge is 0.345 e. The summed E-state index contributed by atoms with van der Waals surface area (Å²) in [5, 5.41) is 3.01. The number of rotatable bonds is 3. The third-order valence-corrected chi connectivity index (χ3v) is 3.94. The summed E-state index contributed by atoms with van der Waals surface area (Å²) >= 11 is 9.21. The summed E-state index contributed by atoms with van der Waals surface area (Å²) in [6, 6.07) is 5.70. The number of amides is 1. The number of benzene rings is 1. The number of carbonyl (C=O) groups excluding carboxylic acids is 1. The molecule has 0 unspecified atom stereocenters. The Labute approximate surface area is 108 Å². The van der Waals surface area contributed by atoms with Crippen LogP contribution in [0.4, 0.5) is 0 Å². The van der Waals surface area contributed by atoms with Crippen molar-refractivity contribution in [1.29, 1.82) is 0 Å². The van der Waals surface area contributed by atoms with Crippen LogP contribution in [0.15, 0.2) is 22.7 Å². The van der Waals surface area contributed by atoms with Gasteiger partial charge in [-0.1, -0.05) is 22.0 Å². The van der Waals surface area contributed by atoms with E-state index in [1.54, 1.807) is 0 Å². The molecule has 2 rings (SSSR count). The first-order valence-electron chi connectivity index (χ1n) is 5.21. The van der Waals surface area contributed by atoms with Gasteiger partial charge >= 0.3 is 0 Å². The van der Waals surface area contributed by atoms with Crippen LogP contribution >= 0.6 is 27.5 Å². The first-order chi connectivity index (χ1) is 7.56. The molecule has 1 saturated carbocycles. The lowest BCUT2D eigenvalue weighted by molar-refractivity contribution is 0.0935. The average molecular weight is 303 g/mol. The fourth-order valence-corrected chi connectivity index (χ4v) is 2.29. The van der Waals surface area contributed by atoms with Gasteiger partial charge in [0.15, 0.2) is 0 Å². The van der Waals surface area contributed by atoms with Crippen molar-refractivity contribution in [3.8, 4) is 0 Å². The molecule has 0 saturated heterocycles. The van der Waals surface area contributed by atoms with E-state index in [1.165, 1.54) is 0 Å². The maximum Gasteiger partial charge on any atom is 0.252 e. The molecule has 0 atom stereocenters. The second-order valence-corrected chi connectivity index (χ2v) is 5.51. The zero-order valence-corrected chi connectivity index (χ0v) is 11.4. The molecule has 2 nitrogen and oxygen atoms in total. The normalized spacial score (nSPS) is 16.9. The Balaban J connectivity index is 2.17. The molecule has 1 aliphatic carbocycles. The predicted molar refractivity (Wildman–Crippen MR) is 69.0 cm³/mol. The molecule has 1 amide bonds. The quantitative estimate of drug-likeness (QED) is 0.853. The Morgan fingerprint density at radius 1 is 1.56 bits per heavy atom. The summed E-state index contributed by atoms with van der Waals surface area (Å²) in [7, 11) is 0. The molecule has 0 spiro atoms. The molecule has 16 heavy (non-hydrogen) atoms. The van der Waals surface area contributed by atoms with Crippen LogP contribution in [0.25, 0.3) is 0 Å². The standard InChI is InChI=1S/C12H13BrClNO/c1-8-2-3-9(13)6-10(8)11(16)15-12(7-14)4-5-12/h2-3,6H,4-5,7H2,1H3,(H,15,16). The van der Waals surface area contributed by atoms with Crippen molar-refractivity contribution in [2.75, 3.05) is 5.88 Å². The molecule has 0 aliphatic heterocycles. The topological polar surface area (TPSA) is 29.1 Å². The lowest BCUT2D eigenvalue weighted by Gasteiger charge is -2.15. The summed E-state index contributed by atoms with van der Waals surface area (Å²) in [4.78, 5) is 12.0. The van der Waals surface area contributed by atoms with Crippen molar-refractivity contribution in [3.63, 3.8) is 0 Å². The van der Waals surface area contributed by atoms with Gasteiger partial charge in [-0.3, -0.25) is 4.79 Å². The highest BCUT2D eigenvalue weighted by Gasteiger charge is 2.43. The Hall–Kier alpha value is -0.540. The number of hydrogen-bond donors (Lipinski definition) is 1. The molecule has 1 aliphatic rings. The smallest absolute Gasteiger partial charge is 0.252 e. The molecular formula is C12H13BrClNO. The molecule has 1 aromatic rings. The molecule has 1 N–H and O–H groups in total. The zero-order chi connectivity index (χ0) is 11.8. The summed E-state index contributed by atoms with van der Waals surface area (Å²) in [5.74, 6) is 0.461. The van der Waals surface area contributed by atoms with Crippen LogP contribution in [0.2, 0.25) is 0 Å². The summed E-state index contributed by atoms with van der Waals surface area (Å²) in [6.07, 6.45) is 1.96. The number of aryl methyl sites for hydroxylation is 1. The van der Waals surface area contributed by atoms with E-state index < -0.39 is 0 Å². The van der Waals surface area contributed by atoms with Crippen molar-refractivity contribution < 1.29 is 4.79 Å². The van der Waals surface area contributed by atoms with Gasteiger partial charge in [-0.25, -0.2) is 0 Å². The third kappa shape index (κ3) is 2.41. The van der Waals surface area contributed by atoms with Gasteiger partial charge in [0, 0.05) is 15.9 Å². The van der Waals surface area contributed by atoms with E-state index in [9.17, 15) is 4.79 Å². The lowest BCUT2D eigenvalue weighted by atomic mass is 10.1. The number of nitrogens with one attached hydrogen (secondary N) is 1. The third-order valence-electron chi connectivity index (χ3n) is 2.93. The maximum atomic E-state index is 12.0. The van der Waals surface area contributed by atoms with Gasteiger partial charge in [-0.15, -0.1) is 11.6 Å². The molecule has 1 aromatic carbocycles. The zero-order valence-electron chi connectivity index (χ0n) is 9.02. The van der Waals surface area contributed by atoms with Gasteiger partial charge in [0.05, 0.1) is 5.54 Å². The average Bonchev–Trinajstić information content (AvgIpc) is 3.02. The van der Waals surface area contributed by atoms with E-state index in [2.05, 4.69) is 21.2 Å². The number of hydrogen-bond acceptors (Lipinski definition) is 1. The van der Waals surface area contributed by atoms with Crippen LogP contribution in [0.1, 0.15) is 28.8 Å². The van der Waals surface area contributed by atoms with E-state index in [0.717, 1.165) is 22.9 Å². The highest BCUT2D eigenvalue weighted by atomic mass is 79.9. The second-order valence-electron chi connectivity index (χ2n) is 4.33. The predicted octanol–water partition coefficient (Wildman–Crippen LogP) is 3.26. The number of carbonyl (C=O) groups is 1. The van der Waals surface area contributed by atoms with Crippen molar-refractivity contribution in [2.24, 2.45) is 0 Å². The highest BCUT2D eigenvalue weighted by molar-refractivity contribution is 9.10. The fourth-order valence-electron chi connectivity index (χ4n) is 1.59. The van der Waals surface area contributed by atoms with Gasteiger partial charge in [-0.05, 0) is 37.5 Å². The molecule has 0 radical (unpaired) electrons. The van der Waals surface area contributed by atoms with Gasteiger partial charge < -0.3 is 5.32 Å². The van der Waals surface area contributed by atoms with Crippen molar-refractivity contribution in [1.82, 2.24) is 5.32 Å². The van der Waals surface area contributed by atoms with Crippen LogP contribution in [-0.4, -0.2) is 17.3 Å². The van der Waals surface area contributed by atoms with Crippen molar-refractivity contribution >= 4 is 33.4 Å². The summed E-state index contributed by atoms with van der Waals surface area (Å²) < 4.78 is 0.916. The molecule has 86 valence electrons. The minimum atomic E-state index is -0.145. The van der Waals surface area contributed by atoms with E-state index in [4.69, 9.17) is 11.6 Å². The molecule has 1 fully saturated rings. The Morgan fingerprint density at radius 3 is 2.81 bits per heavy atom. The Bertz CT molecular complexity index is 429. The highest BCUT2D eigenvalue weighted by Crippen LogP contribution is 2.36. The minimum Gasteiger partial charge on any atom is -0.345 e. The molecular weight excluding hydrogens is 289 g/mol.